The lowest BCUT2D eigenvalue weighted by Crippen LogP contribution is -2.24. The smallest absolute Gasteiger partial charge is 0.365 e. The molecule has 0 fully saturated rings. The number of amides is 2. The van der Waals surface area contributed by atoms with Crippen LogP contribution in [0, 0.1) is 12.7 Å². The van der Waals surface area contributed by atoms with Gasteiger partial charge < -0.3 is 11.1 Å². The molecule has 1 aromatic carbocycles. The second-order valence-corrected chi connectivity index (χ2v) is 8.78. The molecule has 0 bridgehead atoms. The number of nitrogens with zero attached hydrogens (tertiary/aromatic N) is 3. The second-order valence-electron chi connectivity index (χ2n) is 7.78. The Balaban J connectivity index is 1.87. The number of rotatable bonds is 5. The van der Waals surface area contributed by atoms with Crippen molar-refractivity contribution in [2.75, 3.05) is 5.32 Å². The summed E-state index contributed by atoms with van der Waals surface area (Å²) in [5, 5.41) is 5.80. The third-order valence-corrected chi connectivity index (χ3v) is 6.18. The van der Waals surface area contributed by atoms with E-state index in [0.29, 0.717) is 22.1 Å². The predicted molar refractivity (Wildman–Crippen MR) is 119 cm³/mol. The molecule has 37 heavy (non-hydrogen) atoms. The van der Waals surface area contributed by atoms with Crippen molar-refractivity contribution in [3.8, 4) is 11.1 Å². The van der Waals surface area contributed by atoms with Crippen LogP contribution in [0.1, 0.15) is 26.8 Å². The molecule has 15 heteroatoms. The predicted octanol–water partition coefficient (Wildman–Crippen LogP) is 5.38. The van der Waals surface area contributed by atoms with Crippen molar-refractivity contribution in [2.24, 2.45) is 5.73 Å². The quantitative estimate of drug-likeness (QED) is 0.329. The van der Waals surface area contributed by atoms with E-state index in [-0.39, 0.29) is 37.6 Å². The molecule has 3 N–H and O–H groups in total. The largest absolute Gasteiger partial charge is 0.433 e. The van der Waals surface area contributed by atoms with E-state index in [0.717, 1.165) is 18.2 Å². The Morgan fingerprint density at radius 2 is 1.70 bits per heavy atom. The van der Waals surface area contributed by atoms with E-state index < -0.39 is 47.9 Å². The molecule has 0 saturated heterocycles. The zero-order valence-electron chi connectivity index (χ0n) is 18.5. The van der Waals surface area contributed by atoms with Crippen LogP contribution in [-0.4, -0.2) is 26.6 Å². The molecule has 4 rings (SSSR count). The van der Waals surface area contributed by atoms with Crippen LogP contribution in [0.5, 0.6) is 0 Å². The first-order valence-electron chi connectivity index (χ1n) is 10.2. The molecule has 194 valence electrons. The fraction of sp³-hybridized carbons (Fsp3) is 0.182. The highest BCUT2D eigenvalue weighted by atomic mass is 32.1. The van der Waals surface area contributed by atoms with Crippen molar-refractivity contribution >= 4 is 39.1 Å². The van der Waals surface area contributed by atoms with Crippen LogP contribution in [0.3, 0.4) is 0 Å². The van der Waals surface area contributed by atoms with E-state index in [1.807, 2.05) is 0 Å². The Bertz CT molecular complexity index is 1520. The van der Waals surface area contributed by atoms with Gasteiger partial charge in [0.2, 0.25) is 5.91 Å². The topological polar surface area (TPSA) is 103 Å². The summed E-state index contributed by atoms with van der Waals surface area (Å²) < 4.78 is 94.4. The van der Waals surface area contributed by atoms with Crippen molar-refractivity contribution in [3.63, 3.8) is 0 Å². The number of primary amides is 1. The molecule has 0 aliphatic heterocycles. The van der Waals surface area contributed by atoms with Gasteiger partial charge in [-0.1, -0.05) is 12.1 Å². The molecule has 3 heterocycles. The van der Waals surface area contributed by atoms with Gasteiger partial charge in [-0.25, -0.2) is 9.37 Å². The number of benzene rings is 1. The molecule has 0 saturated carbocycles. The zero-order valence-corrected chi connectivity index (χ0v) is 19.3. The number of fused-ring (bicyclic) bond motifs is 1. The third kappa shape index (κ3) is 5.26. The first-order chi connectivity index (χ1) is 17.1. The summed E-state index contributed by atoms with van der Waals surface area (Å²) in [6.45, 7) is 0.359. The Hall–Kier alpha value is -4.01. The third-order valence-electron chi connectivity index (χ3n) is 5.08. The first kappa shape index (κ1) is 26.1. The summed E-state index contributed by atoms with van der Waals surface area (Å²) in [5.74, 6) is -2.86. The lowest BCUT2D eigenvalue weighted by Gasteiger charge is -2.13. The van der Waals surface area contributed by atoms with Gasteiger partial charge in [-0.2, -0.15) is 31.4 Å². The minimum atomic E-state index is -4.89. The average Bonchev–Trinajstić information content (AvgIpc) is 3.33. The maximum Gasteiger partial charge on any atom is 0.433 e. The Morgan fingerprint density at radius 3 is 2.27 bits per heavy atom. The number of aryl methyl sites for hydroxylation is 1. The van der Waals surface area contributed by atoms with Crippen LogP contribution in [0.2, 0.25) is 0 Å². The van der Waals surface area contributed by atoms with Crippen molar-refractivity contribution in [1.29, 1.82) is 0 Å². The van der Waals surface area contributed by atoms with E-state index >= 15 is 0 Å². The molecular weight excluding hydrogens is 531 g/mol. The fourth-order valence-electron chi connectivity index (χ4n) is 3.60. The highest BCUT2D eigenvalue weighted by molar-refractivity contribution is 7.21. The molecular formula is C22H14F7N5O2S. The van der Waals surface area contributed by atoms with E-state index in [1.165, 1.54) is 19.1 Å². The lowest BCUT2D eigenvalue weighted by molar-refractivity contribution is -0.144. The first-order valence-corrected chi connectivity index (χ1v) is 11.0. The number of anilines is 1. The monoisotopic (exact) mass is 545 g/mol. The number of nitrogens with one attached hydrogen (secondary N) is 1. The normalized spacial score (nSPS) is 12.2. The van der Waals surface area contributed by atoms with Crippen molar-refractivity contribution in [3.05, 3.63) is 64.2 Å². The van der Waals surface area contributed by atoms with Crippen molar-refractivity contribution < 1.29 is 40.3 Å². The fourth-order valence-corrected chi connectivity index (χ4v) is 4.61. The number of hydrogen-bond acceptors (Lipinski definition) is 5. The van der Waals surface area contributed by atoms with E-state index in [4.69, 9.17) is 5.73 Å². The number of nitrogens with two attached hydrogens (primary N) is 1. The Morgan fingerprint density at radius 1 is 1.05 bits per heavy atom. The number of pyridine rings is 1. The van der Waals surface area contributed by atoms with Crippen LogP contribution in [0.4, 0.5) is 36.4 Å². The maximum absolute atomic E-state index is 13.5. The van der Waals surface area contributed by atoms with E-state index in [1.54, 1.807) is 0 Å². The van der Waals surface area contributed by atoms with Crippen LogP contribution in [-0.2, 0) is 23.7 Å². The maximum atomic E-state index is 13.5. The highest BCUT2D eigenvalue weighted by Crippen LogP contribution is 2.43. The molecule has 4 aromatic rings. The van der Waals surface area contributed by atoms with Gasteiger partial charge in [0.15, 0.2) is 0 Å². The van der Waals surface area contributed by atoms with E-state index in [2.05, 4.69) is 15.4 Å². The SMILES string of the molecule is Cc1cc(C(F)(F)F)n(CC(=O)Nc2c(C(N)=O)sc3nc(C(F)(F)F)cc(-c4ccc(F)cc4)c23)n1. The Kier molecular flexibility index (Phi) is 6.44. The number of carbonyl (C=O) groups excluding carboxylic acids is 2. The lowest BCUT2D eigenvalue weighted by atomic mass is 10.0. The second kappa shape index (κ2) is 9.14. The van der Waals surface area contributed by atoms with Gasteiger partial charge in [0.05, 0.1) is 11.4 Å². The molecule has 2 amide bonds. The van der Waals surface area contributed by atoms with Gasteiger partial charge in [0.25, 0.3) is 5.91 Å². The minimum absolute atomic E-state index is 0.0126. The van der Waals surface area contributed by atoms with Crippen LogP contribution >= 0.6 is 11.3 Å². The molecule has 0 aliphatic rings. The number of thiophene rings is 1. The molecule has 0 unspecified atom stereocenters. The molecule has 0 spiro atoms. The number of halogens is 7. The van der Waals surface area contributed by atoms with Gasteiger partial charge in [0.1, 0.15) is 33.5 Å². The summed E-state index contributed by atoms with van der Waals surface area (Å²) >= 11 is 0.457. The van der Waals surface area contributed by atoms with Crippen LogP contribution in [0.15, 0.2) is 36.4 Å². The summed E-state index contributed by atoms with van der Waals surface area (Å²) in [4.78, 5) is 27.7. The van der Waals surface area contributed by atoms with Gasteiger partial charge in [0, 0.05) is 5.39 Å². The summed E-state index contributed by atoms with van der Waals surface area (Å²) in [6.07, 6.45) is -9.71. The van der Waals surface area contributed by atoms with Crippen molar-refractivity contribution in [2.45, 2.75) is 25.8 Å². The number of hydrogen-bond donors (Lipinski definition) is 2. The molecule has 0 atom stereocenters. The summed E-state index contributed by atoms with van der Waals surface area (Å²) in [6, 6.07) is 5.73. The standard InChI is InChI=1S/C22H14F7N5O2S/c1-9-6-14(22(27,28)29)34(33-9)8-15(35)32-17-16-12(10-2-4-11(23)5-3-10)7-13(21(24,25)26)31-20(16)37-18(17)19(30)36/h2-7H,8H2,1H3,(H2,30,36)(H,32,35). The van der Waals surface area contributed by atoms with Crippen molar-refractivity contribution in [1.82, 2.24) is 14.8 Å². The summed E-state index contributed by atoms with van der Waals surface area (Å²) in [5.41, 5.74) is 2.43. The van der Waals surface area contributed by atoms with Crippen LogP contribution in [0.25, 0.3) is 21.3 Å². The summed E-state index contributed by atoms with van der Waals surface area (Å²) in [7, 11) is 0. The van der Waals surface area contributed by atoms with Gasteiger partial charge in [-0.05, 0) is 42.3 Å². The van der Waals surface area contributed by atoms with Gasteiger partial charge in [-0.15, -0.1) is 11.3 Å². The molecule has 0 aliphatic carbocycles. The number of aromatic nitrogens is 3. The number of alkyl halides is 6. The van der Waals surface area contributed by atoms with E-state index in [9.17, 15) is 40.3 Å². The zero-order chi connectivity index (χ0) is 27.3. The number of carbonyl (C=O) groups is 2. The molecule has 0 radical (unpaired) electrons. The minimum Gasteiger partial charge on any atom is -0.365 e. The highest BCUT2D eigenvalue weighted by Gasteiger charge is 2.37. The Labute approximate surface area is 206 Å². The molecule has 7 nitrogen and oxygen atoms in total. The molecule has 3 aromatic heterocycles. The van der Waals surface area contributed by atoms with Crippen LogP contribution < -0.4 is 11.1 Å². The van der Waals surface area contributed by atoms with Gasteiger partial charge in [-0.3, -0.25) is 14.3 Å². The average molecular weight is 545 g/mol. The van der Waals surface area contributed by atoms with Gasteiger partial charge >= 0.3 is 12.4 Å².